The fourth-order valence-corrected chi connectivity index (χ4v) is 5.74. The molecule has 1 aliphatic carbocycles. The minimum absolute atomic E-state index is 0.215. The van der Waals surface area contributed by atoms with Crippen LogP contribution in [0, 0.1) is 12.7 Å². The lowest BCUT2D eigenvalue weighted by molar-refractivity contribution is 0.0949. The maximum absolute atomic E-state index is 14.3. The predicted octanol–water partition coefficient (Wildman–Crippen LogP) is 5.57. The highest BCUT2D eigenvalue weighted by Crippen LogP contribution is 2.39. The van der Waals surface area contributed by atoms with Crippen LogP contribution in [0.2, 0.25) is 0 Å². The number of rotatable bonds is 10. The van der Waals surface area contributed by atoms with E-state index in [2.05, 4.69) is 50.5 Å². The minimum Gasteiger partial charge on any atom is -0.448 e. The van der Waals surface area contributed by atoms with Crippen molar-refractivity contribution < 1.29 is 18.4 Å². The molecule has 0 radical (unpaired) electrons. The van der Waals surface area contributed by atoms with Crippen molar-refractivity contribution in [2.45, 2.75) is 38.8 Å². The molecule has 10 heteroatoms. The van der Waals surface area contributed by atoms with Gasteiger partial charge in [0.25, 0.3) is 11.8 Å². The van der Waals surface area contributed by atoms with Crippen LogP contribution in [0.15, 0.2) is 71.3 Å². The zero-order valence-corrected chi connectivity index (χ0v) is 26.0. The Bertz CT molecular complexity index is 1690. The summed E-state index contributed by atoms with van der Waals surface area (Å²) in [6.45, 7) is 5.97. The van der Waals surface area contributed by atoms with E-state index in [1.807, 2.05) is 31.1 Å². The van der Waals surface area contributed by atoms with E-state index in [0.29, 0.717) is 35.2 Å². The molecule has 234 valence electrons. The number of nitrogens with zero attached hydrogens (tertiary/aromatic N) is 4. The van der Waals surface area contributed by atoms with Crippen molar-refractivity contribution in [2.24, 2.45) is 0 Å². The number of piperazine rings is 1. The van der Waals surface area contributed by atoms with Gasteiger partial charge in [0, 0.05) is 62.0 Å². The summed E-state index contributed by atoms with van der Waals surface area (Å²) < 4.78 is 19.8. The SMILES string of the molecule is Cc1ccccc1N1CCN(c2ccc(C(=O)NCc3ccc(F)c(CN(C)C)c3)cc2NC(=O)c2coc(C3CC3)n2)CC1. The first-order valence-corrected chi connectivity index (χ1v) is 15.4. The largest absolute Gasteiger partial charge is 0.448 e. The Kier molecular flexibility index (Phi) is 8.84. The van der Waals surface area contributed by atoms with Crippen LogP contribution in [-0.2, 0) is 13.1 Å². The molecule has 0 bridgehead atoms. The number of para-hydroxylation sites is 1. The third-order valence-corrected chi connectivity index (χ3v) is 8.31. The lowest BCUT2D eigenvalue weighted by Gasteiger charge is -2.38. The fraction of sp³-hybridized carbons (Fsp3) is 0.343. The molecule has 1 saturated carbocycles. The normalized spacial score (nSPS) is 15.0. The summed E-state index contributed by atoms with van der Waals surface area (Å²) in [6, 6.07) is 18.6. The number of aromatic nitrogens is 1. The van der Waals surface area contributed by atoms with Crippen LogP contribution < -0.4 is 20.4 Å². The molecule has 0 unspecified atom stereocenters. The monoisotopic (exact) mass is 610 g/mol. The second kappa shape index (κ2) is 13.1. The Morgan fingerprint density at radius 3 is 2.40 bits per heavy atom. The molecule has 6 rings (SSSR count). The first kappa shape index (κ1) is 30.3. The molecule has 2 amide bonds. The molecule has 2 fully saturated rings. The first-order valence-electron chi connectivity index (χ1n) is 15.4. The van der Waals surface area contributed by atoms with E-state index in [4.69, 9.17) is 4.42 Å². The third-order valence-electron chi connectivity index (χ3n) is 8.31. The van der Waals surface area contributed by atoms with Gasteiger partial charge in [-0.25, -0.2) is 9.37 Å². The van der Waals surface area contributed by atoms with Gasteiger partial charge in [-0.3, -0.25) is 9.59 Å². The summed E-state index contributed by atoms with van der Waals surface area (Å²) in [7, 11) is 3.76. The molecule has 4 aromatic rings. The maximum atomic E-state index is 14.3. The number of carbonyl (C=O) groups excluding carboxylic acids is 2. The van der Waals surface area contributed by atoms with Crippen LogP contribution >= 0.6 is 0 Å². The van der Waals surface area contributed by atoms with Crippen molar-refractivity contribution in [1.29, 1.82) is 0 Å². The van der Waals surface area contributed by atoms with Gasteiger partial charge in [-0.05, 0) is 81.4 Å². The van der Waals surface area contributed by atoms with Gasteiger partial charge >= 0.3 is 0 Å². The zero-order chi connectivity index (χ0) is 31.5. The highest BCUT2D eigenvalue weighted by Gasteiger charge is 2.30. The topological polar surface area (TPSA) is 94.0 Å². The average Bonchev–Trinajstić information content (AvgIpc) is 3.77. The highest BCUT2D eigenvalue weighted by molar-refractivity contribution is 6.06. The first-order chi connectivity index (χ1) is 21.7. The number of oxazole rings is 1. The van der Waals surface area contributed by atoms with Crippen LogP contribution in [0.1, 0.15) is 62.2 Å². The van der Waals surface area contributed by atoms with Crippen molar-refractivity contribution in [3.63, 3.8) is 0 Å². The Morgan fingerprint density at radius 2 is 1.69 bits per heavy atom. The van der Waals surface area contributed by atoms with Gasteiger partial charge in [0.05, 0.1) is 11.4 Å². The van der Waals surface area contributed by atoms with E-state index in [0.717, 1.165) is 50.3 Å². The van der Waals surface area contributed by atoms with Gasteiger partial charge in [-0.1, -0.05) is 24.3 Å². The number of hydrogen-bond acceptors (Lipinski definition) is 7. The van der Waals surface area contributed by atoms with Crippen LogP contribution in [0.25, 0.3) is 0 Å². The number of amides is 2. The summed E-state index contributed by atoms with van der Waals surface area (Å²) in [5, 5.41) is 5.95. The quantitative estimate of drug-likeness (QED) is 0.243. The Labute approximate surface area is 263 Å². The second-order valence-electron chi connectivity index (χ2n) is 12.1. The van der Waals surface area contributed by atoms with E-state index in [-0.39, 0.29) is 29.9 Å². The number of benzene rings is 3. The predicted molar refractivity (Wildman–Crippen MR) is 173 cm³/mol. The Morgan fingerprint density at radius 1 is 0.956 bits per heavy atom. The molecule has 45 heavy (non-hydrogen) atoms. The second-order valence-corrected chi connectivity index (χ2v) is 12.1. The van der Waals surface area contributed by atoms with Crippen molar-refractivity contribution in [3.8, 4) is 0 Å². The number of aryl methyl sites for hydroxylation is 1. The van der Waals surface area contributed by atoms with Crippen molar-refractivity contribution in [3.05, 3.63) is 107 Å². The van der Waals surface area contributed by atoms with E-state index >= 15 is 0 Å². The molecular formula is C35H39FN6O3. The summed E-state index contributed by atoms with van der Waals surface area (Å²) in [4.78, 5) is 37.5. The molecule has 0 atom stereocenters. The Balaban J connectivity index is 1.20. The number of carbonyl (C=O) groups is 2. The lowest BCUT2D eigenvalue weighted by atomic mass is 10.1. The van der Waals surface area contributed by atoms with Gasteiger partial charge < -0.3 is 29.8 Å². The van der Waals surface area contributed by atoms with Crippen LogP contribution in [0.5, 0.6) is 0 Å². The number of hydrogen-bond donors (Lipinski definition) is 2. The molecule has 2 heterocycles. The van der Waals surface area contributed by atoms with E-state index in [9.17, 15) is 14.0 Å². The average molecular weight is 611 g/mol. The smallest absolute Gasteiger partial charge is 0.277 e. The molecule has 0 spiro atoms. The Hall–Kier alpha value is -4.70. The standard InChI is InChI=1S/C35H39FN6O3/c1-23-6-4-5-7-31(23)41-14-16-42(17-15-41)32-13-11-26(19-29(32)38-34(44)30-22-45-35(39-30)25-9-10-25)33(43)37-20-24-8-12-28(36)27(18-24)21-40(2)3/h4-8,11-13,18-19,22,25H,9-10,14-17,20-21H2,1-3H3,(H,37,43)(H,38,44). The number of anilines is 3. The van der Waals surface area contributed by atoms with Crippen molar-refractivity contribution in [1.82, 2.24) is 15.2 Å². The van der Waals surface area contributed by atoms with E-state index in [1.165, 1.54) is 23.6 Å². The van der Waals surface area contributed by atoms with Gasteiger partial charge in [-0.15, -0.1) is 0 Å². The fourth-order valence-electron chi connectivity index (χ4n) is 5.74. The van der Waals surface area contributed by atoms with Gasteiger partial charge in [0.1, 0.15) is 12.1 Å². The van der Waals surface area contributed by atoms with Gasteiger partial charge in [-0.2, -0.15) is 0 Å². The molecule has 3 aromatic carbocycles. The van der Waals surface area contributed by atoms with Crippen LogP contribution in [0.3, 0.4) is 0 Å². The van der Waals surface area contributed by atoms with Crippen molar-refractivity contribution >= 4 is 28.9 Å². The molecule has 1 aromatic heterocycles. The van der Waals surface area contributed by atoms with E-state index < -0.39 is 0 Å². The molecule has 2 N–H and O–H groups in total. The van der Waals surface area contributed by atoms with E-state index in [1.54, 1.807) is 24.3 Å². The van der Waals surface area contributed by atoms with Gasteiger partial charge in [0.15, 0.2) is 11.6 Å². The number of halogens is 1. The molecule has 9 nitrogen and oxygen atoms in total. The maximum Gasteiger partial charge on any atom is 0.277 e. The summed E-state index contributed by atoms with van der Waals surface area (Å²) >= 11 is 0. The lowest BCUT2D eigenvalue weighted by Crippen LogP contribution is -2.47. The molecule has 1 saturated heterocycles. The van der Waals surface area contributed by atoms with Crippen LogP contribution in [-0.4, -0.2) is 62.0 Å². The minimum atomic E-state index is -0.386. The molecule has 1 aliphatic heterocycles. The summed E-state index contributed by atoms with van der Waals surface area (Å²) in [5.74, 6) is -0.0694. The highest BCUT2D eigenvalue weighted by atomic mass is 19.1. The summed E-state index contributed by atoms with van der Waals surface area (Å²) in [5.41, 5.74) is 5.82. The van der Waals surface area contributed by atoms with Crippen LogP contribution in [0.4, 0.5) is 21.5 Å². The zero-order valence-electron chi connectivity index (χ0n) is 26.0. The summed E-state index contributed by atoms with van der Waals surface area (Å²) in [6.07, 6.45) is 3.44. The molecular weight excluding hydrogens is 571 g/mol. The number of nitrogens with one attached hydrogen (secondary N) is 2. The molecule has 2 aliphatic rings. The van der Waals surface area contributed by atoms with Gasteiger partial charge in [0.2, 0.25) is 0 Å². The van der Waals surface area contributed by atoms with Crippen molar-refractivity contribution in [2.75, 3.05) is 55.4 Å². The third kappa shape index (κ3) is 7.17.